The zero-order valence-corrected chi connectivity index (χ0v) is 12.6. The predicted octanol–water partition coefficient (Wildman–Crippen LogP) is 1.64. The molecule has 1 fully saturated rings. The Morgan fingerprint density at radius 2 is 2.14 bits per heavy atom. The van der Waals surface area contributed by atoms with Gasteiger partial charge < -0.3 is 19.4 Å². The summed E-state index contributed by atoms with van der Waals surface area (Å²) in [4.78, 5) is 15.4. The maximum Gasteiger partial charge on any atom is 0.231 e. The highest BCUT2D eigenvalue weighted by Gasteiger charge is 2.16. The molecular formula is C13H17N5O2S. The van der Waals surface area contributed by atoms with Gasteiger partial charge in [-0.15, -0.1) is 0 Å². The minimum absolute atomic E-state index is 0.577. The molecule has 0 saturated carbocycles. The number of aromatic nitrogens is 3. The number of nitrogens with zero attached hydrogens (tertiary/aromatic N) is 4. The van der Waals surface area contributed by atoms with Gasteiger partial charge in [-0.1, -0.05) is 11.8 Å². The number of morpholine rings is 1. The third kappa shape index (κ3) is 3.64. The van der Waals surface area contributed by atoms with Gasteiger partial charge in [-0.2, -0.15) is 15.0 Å². The van der Waals surface area contributed by atoms with E-state index in [0.29, 0.717) is 36.0 Å². The first-order chi connectivity index (χ1) is 10.3. The molecule has 21 heavy (non-hydrogen) atoms. The van der Waals surface area contributed by atoms with Crippen LogP contribution in [0.15, 0.2) is 28.0 Å². The molecule has 2 aromatic rings. The van der Waals surface area contributed by atoms with E-state index in [1.165, 1.54) is 11.8 Å². The van der Waals surface area contributed by atoms with E-state index < -0.39 is 0 Å². The molecule has 0 aliphatic carbocycles. The third-order valence-corrected chi connectivity index (χ3v) is 3.91. The second kappa shape index (κ2) is 6.77. The van der Waals surface area contributed by atoms with Gasteiger partial charge in [0.05, 0.1) is 25.2 Å². The fraction of sp³-hybridized carbons (Fsp3) is 0.462. The van der Waals surface area contributed by atoms with Gasteiger partial charge in [-0.25, -0.2) is 0 Å². The number of furan rings is 1. The summed E-state index contributed by atoms with van der Waals surface area (Å²) >= 11 is 1.53. The fourth-order valence-corrected chi connectivity index (χ4v) is 2.69. The Morgan fingerprint density at radius 3 is 2.86 bits per heavy atom. The average molecular weight is 307 g/mol. The summed E-state index contributed by atoms with van der Waals surface area (Å²) in [6.07, 6.45) is 1.67. The summed E-state index contributed by atoms with van der Waals surface area (Å²) < 4.78 is 10.7. The first-order valence-electron chi connectivity index (χ1n) is 6.77. The molecule has 1 saturated heterocycles. The highest BCUT2D eigenvalue weighted by Crippen LogP contribution is 2.22. The van der Waals surface area contributed by atoms with Crippen LogP contribution in [0.3, 0.4) is 0 Å². The molecule has 3 rings (SSSR count). The van der Waals surface area contributed by atoms with Gasteiger partial charge in [0.15, 0.2) is 5.16 Å². The molecule has 2 aromatic heterocycles. The molecule has 0 unspecified atom stereocenters. The smallest absolute Gasteiger partial charge is 0.231 e. The zero-order valence-electron chi connectivity index (χ0n) is 11.8. The molecule has 1 aliphatic rings. The number of ether oxygens (including phenoxy) is 1. The minimum Gasteiger partial charge on any atom is -0.468 e. The first-order valence-corrected chi connectivity index (χ1v) is 7.75. The van der Waals surface area contributed by atoms with Crippen molar-refractivity contribution in [1.82, 2.24) is 15.0 Å². The normalized spacial score (nSPS) is 15.2. The Morgan fingerprint density at radius 1 is 1.29 bits per heavy atom. The topological polar surface area (TPSA) is 76.3 Å². The molecule has 8 heteroatoms. The van der Waals surface area contributed by atoms with E-state index in [9.17, 15) is 0 Å². The second-order valence-corrected chi connectivity index (χ2v) is 5.40. The van der Waals surface area contributed by atoms with Gasteiger partial charge in [-0.3, -0.25) is 0 Å². The molecule has 0 radical (unpaired) electrons. The molecule has 112 valence electrons. The summed E-state index contributed by atoms with van der Waals surface area (Å²) in [6.45, 7) is 3.01. The summed E-state index contributed by atoms with van der Waals surface area (Å²) in [5.41, 5.74) is 0. The van der Waals surface area contributed by atoms with Gasteiger partial charge in [-0.05, 0) is 12.1 Å². The van der Waals surface area contributed by atoms with Gasteiger partial charge >= 0.3 is 0 Å². The maximum absolute atomic E-state index is 5.36. The van der Waals surface area contributed by atoms with Crippen molar-refractivity contribution in [2.75, 3.05) is 43.6 Å². The lowest BCUT2D eigenvalue weighted by atomic mass is 10.4. The van der Waals surface area contributed by atoms with Crippen LogP contribution in [-0.4, -0.2) is 48.3 Å². The molecule has 0 spiro atoms. The van der Waals surface area contributed by atoms with E-state index in [0.717, 1.165) is 18.8 Å². The van der Waals surface area contributed by atoms with E-state index in [4.69, 9.17) is 9.15 Å². The summed E-state index contributed by atoms with van der Waals surface area (Å²) in [5.74, 6) is 2.87. The van der Waals surface area contributed by atoms with Crippen LogP contribution in [0.2, 0.25) is 0 Å². The molecular weight excluding hydrogens is 290 g/mol. The molecule has 1 N–H and O–H groups in total. The second-order valence-electron chi connectivity index (χ2n) is 4.46. The van der Waals surface area contributed by atoms with Gasteiger partial charge in [0.1, 0.15) is 5.76 Å². The van der Waals surface area contributed by atoms with E-state index in [2.05, 4.69) is 25.2 Å². The molecule has 1 aliphatic heterocycles. The molecule has 0 aromatic carbocycles. The van der Waals surface area contributed by atoms with Crippen molar-refractivity contribution < 1.29 is 9.15 Å². The Labute approximate surface area is 127 Å². The fourth-order valence-electron chi connectivity index (χ4n) is 1.96. The van der Waals surface area contributed by atoms with Crippen LogP contribution < -0.4 is 10.2 Å². The van der Waals surface area contributed by atoms with Crippen molar-refractivity contribution in [2.24, 2.45) is 0 Å². The third-order valence-electron chi connectivity index (χ3n) is 3.04. The highest BCUT2D eigenvalue weighted by atomic mass is 32.2. The summed E-state index contributed by atoms with van der Waals surface area (Å²) in [5, 5.41) is 3.67. The number of hydrogen-bond donors (Lipinski definition) is 1. The molecule has 0 amide bonds. The Bertz CT molecular complexity index is 572. The van der Waals surface area contributed by atoms with Crippen LogP contribution in [0, 0.1) is 0 Å². The van der Waals surface area contributed by atoms with E-state index >= 15 is 0 Å². The van der Waals surface area contributed by atoms with Crippen LogP contribution in [0.1, 0.15) is 5.76 Å². The predicted molar refractivity (Wildman–Crippen MR) is 80.7 cm³/mol. The molecule has 0 atom stereocenters. The van der Waals surface area contributed by atoms with Crippen molar-refractivity contribution in [3.63, 3.8) is 0 Å². The van der Waals surface area contributed by atoms with Gasteiger partial charge in [0.25, 0.3) is 0 Å². The lowest BCUT2D eigenvalue weighted by Crippen LogP contribution is -2.37. The molecule has 3 heterocycles. The van der Waals surface area contributed by atoms with Crippen molar-refractivity contribution in [3.05, 3.63) is 24.2 Å². The number of rotatable bonds is 5. The lowest BCUT2D eigenvalue weighted by Gasteiger charge is -2.26. The highest BCUT2D eigenvalue weighted by molar-refractivity contribution is 7.98. The van der Waals surface area contributed by atoms with Crippen molar-refractivity contribution in [2.45, 2.75) is 10.9 Å². The van der Waals surface area contributed by atoms with Crippen molar-refractivity contribution >= 4 is 23.7 Å². The largest absolute Gasteiger partial charge is 0.468 e. The van der Waals surface area contributed by atoms with Crippen LogP contribution in [0.25, 0.3) is 0 Å². The van der Waals surface area contributed by atoms with Crippen molar-refractivity contribution in [3.8, 4) is 0 Å². The quantitative estimate of drug-likeness (QED) is 0.835. The van der Waals surface area contributed by atoms with Crippen LogP contribution >= 0.6 is 11.8 Å². The number of hydrogen-bond acceptors (Lipinski definition) is 8. The number of nitrogens with one attached hydrogen (secondary N) is 1. The molecule has 7 nitrogen and oxygen atoms in total. The van der Waals surface area contributed by atoms with Gasteiger partial charge in [0.2, 0.25) is 11.9 Å². The van der Waals surface area contributed by atoms with E-state index in [-0.39, 0.29) is 0 Å². The number of anilines is 2. The molecule has 0 bridgehead atoms. The first kappa shape index (κ1) is 14.2. The monoisotopic (exact) mass is 307 g/mol. The Kier molecular flexibility index (Phi) is 4.56. The van der Waals surface area contributed by atoms with Crippen LogP contribution in [0.4, 0.5) is 11.9 Å². The van der Waals surface area contributed by atoms with Gasteiger partial charge in [0, 0.05) is 20.1 Å². The lowest BCUT2D eigenvalue weighted by molar-refractivity contribution is 0.122. The van der Waals surface area contributed by atoms with Crippen molar-refractivity contribution in [1.29, 1.82) is 0 Å². The summed E-state index contributed by atoms with van der Waals surface area (Å²) in [7, 11) is 1.80. The summed E-state index contributed by atoms with van der Waals surface area (Å²) in [6, 6.07) is 3.82. The maximum atomic E-state index is 5.36. The van der Waals surface area contributed by atoms with E-state index in [1.54, 1.807) is 13.3 Å². The van der Waals surface area contributed by atoms with Crippen LogP contribution in [0.5, 0.6) is 0 Å². The van der Waals surface area contributed by atoms with Crippen LogP contribution in [-0.2, 0) is 10.5 Å². The standard InChI is InChI=1S/C13H17N5O2S/c1-14-11-15-12(18-4-7-19-8-5-18)17-13(16-11)21-9-10-3-2-6-20-10/h2-3,6H,4-5,7-9H2,1H3,(H,14,15,16,17). The number of thioether (sulfide) groups is 1. The minimum atomic E-state index is 0.577. The Hall–Kier alpha value is -1.80. The zero-order chi connectivity index (χ0) is 14.5. The Balaban J connectivity index is 1.75. The average Bonchev–Trinajstić information content (AvgIpc) is 3.07. The van der Waals surface area contributed by atoms with E-state index in [1.807, 2.05) is 12.1 Å². The SMILES string of the molecule is CNc1nc(SCc2ccco2)nc(N2CCOCC2)n1.